The molecule has 82 valence electrons. The Bertz CT molecular complexity index is 534. The molecule has 0 spiro atoms. The molecule has 0 atom stereocenters. The first-order chi connectivity index (χ1) is 7.74. The number of hydrogen-bond acceptors (Lipinski definition) is 2. The van der Waals surface area contributed by atoms with Crippen molar-refractivity contribution in [3.8, 4) is 10.6 Å². The van der Waals surface area contributed by atoms with E-state index in [1.54, 1.807) is 12.1 Å². The molecule has 4 heteroatoms. The maximum absolute atomic E-state index is 13.6. The standard InChI is InChI=1S/C12H9ClFNS/c13-8-3-4-10(14)9(5-8)12-15-11(6-16-12)7-1-2-7/h3-7H,1-2H2. The lowest BCUT2D eigenvalue weighted by Gasteiger charge is -1.99. The second kappa shape index (κ2) is 3.82. The van der Waals surface area contributed by atoms with Crippen molar-refractivity contribution in [2.75, 3.05) is 0 Å². The zero-order valence-electron chi connectivity index (χ0n) is 8.41. The van der Waals surface area contributed by atoms with E-state index in [9.17, 15) is 4.39 Å². The van der Waals surface area contributed by atoms with Crippen LogP contribution in [-0.2, 0) is 0 Å². The molecule has 0 N–H and O–H groups in total. The Labute approximate surface area is 102 Å². The first kappa shape index (κ1) is 10.2. The van der Waals surface area contributed by atoms with E-state index in [1.807, 2.05) is 5.38 Å². The molecule has 0 saturated heterocycles. The van der Waals surface area contributed by atoms with Crippen LogP contribution in [0.2, 0.25) is 5.02 Å². The Kier molecular flexibility index (Phi) is 2.45. The number of nitrogens with zero attached hydrogens (tertiary/aromatic N) is 1. The minimum absolute atomic E-state index is 0.263. The Morgan fingerprint density at radius 1 is 1.38 bits per heavy atom. The maximum Gasteiger partial charge on any atom is 0.133 e. The minimum Gasteiger partial charge on any atom is -0.241 e. The van der Waals surface area contributed by atoms with Crippen LogP contribution in [0.25, 0.3) is 10.6 Å². The average Bonchev–Trinajstić information content (AvgIpc) is 3.01. The van der Waals surface area contributed by atoms with Crippen LogP contribution < -0.4 is 0 Å². The first-order valence-corrected chi connectivity index (χ1v) is 6.40. The number of rotatable bonds is 2. The number of aromatic nitrogens is 1. The van der Waals surface area contributed by atoms with Crippen LogP contribution in [0, 0.1) is 5.82 Å². The van der Waals surface area contributed by atoms with Crippen LogP contribution in [-0.4, -0.2) is 4.98 Å². The van der Waals surface area contributed by atoms with Gasteiger partial charge in [0.25, 0.3) is 0 Å². The van der Waals surface area contributed by atoms with Crippen molar-refractivity contribution >= 4 is 22.9 Å². The van der Waals surface area contributed by atoms with Gasteiger partial charge in [0.1, 0.15) is 10.8 Å². The van der Waals surface area contributed by atoms with Gasteiger partial charge in [0.2, 0.25) is 0 Å². The van der Waals surface area contributed by atoms with Crippen molar-refractivity contribution in [1.29, 1.82) is 0 Å². The van der Waals surface area contributed by atoms with E-state index in [0.717, 1.165) is 10.7 Å². The van der Waals surface area contributed by atoms with Crippen molar-refractivity contribution in [2.24, 2.45) is 0 Å². The summed E-state index contributed by atoms with van der Waals surface area (Å²) in [6.45, 7) is 0. The highest BCUT2D eigenvalue weighted by Gasteiger charge is 2.26. The van der Waals surface area contributed by atoms with Crippen LogP contribution >= 0.6 is 22.9 Å². The summed E-state index contributed by atoms with van der Waals surface area (Å²) in [6.07, 6.45) is 2.42. The molecule has 1 nitrogen and oxygen atoms in total. The molecular weight excluding hydrogens is 245 g/mol. The molecule has 0 amide bonds. The van der Waals surface area contributed by atoms with Crippen molar-refractivity contribution in [3.05, 3.63) is 40.1 Å². The summed E-state index contributed by atoms with van der Waals surface area (Å²) >= 11 is 7.34. The molecule has 0 radical (unpaired) electrons. The van der Waals surface area contributed by atoms with Crippen LogP contribution in [0.15, 0.2) is 23.6 Å². The normalized spacial score (nSPS) is 15.4. The molecule has 1 aliphatic carbocycles. The van der Waals surface area contributed by atoms with E-state index in [4.69, 9.17) is 11.6 Å². The average molecular weight is 254 g/mol. The summed E-state index contributed by atoms with van der Waals surface area (Å²) in [5.41, 5.74) is 1.60. The van der Waals surface area contributed by atoms with Gasteiger partial charge in [-0.1, -0.05) is 11.6 Å². The van der Waals surface area contributed by atoms with E-state index < -0.39 is 0 Å². The molecule has 2 aromatic rings. The van der Waals surface area contributed by atoms with Gasteiger partial charge >= 0.3 is 0 Å². The third-order valence-electron chi connectivity index (χ3n) is 2.68. The predicted molar refractivity (Wildman–Crippen MR) is 64.5 cm³/mol. The molecule has 16 heavy (non-hydrogen) atoms. The first-order valence-electron chi connectivity index (χ1n) is 5.15. The highest BCUT2D eigenvalue weighted by Crippen LogP contribution is 2.41. The molecule has 0 aliphatic heterocycles. The fourth-order valence-corrected chi connectivity index (χ4v) is 2.73. The van der Waals surface area contributed by atoms with Crippen LogP contribution in [0.3, 0.4) is 0 Å². The summed E-state index contributed by atoms with van der Waals surface area (Å²) in [7, 11) is 0. The molecule has 1 aromatic carbocycles. The second-order valence-corrected chi connectivity index (χ2v) is 5.27. The lowest BCUT2D eigenvalue weighted by molar-refractivity contribution is 0.631. The van der Waals surface area contributed by atoms with Crippen molar-refractivity contribution in [2.45, 2.75) is 18.8 Å². The number of hydrogen-bond donors (Lipinski definition) is 0. The molecule has 1 heterocycles. The van der Waals surface area contributed by atoms with Crippen LogP contribution in [0.4, 0.5) is 4.39 Å². The van der Waals surface area contributed by atoms with Gasteiger partial charge < -0.3 is 0 Å². The van der Waals surface area contributed by atoms with Gasteiger partial charge in [-0.25, -0.2) is 9.37 Å². The molecule has 0 bridgehead atoms. The summed E-state index contributed by atoms with van der Waals surface area (Å²) in [6, 6.07) is 4.57. The van der Waals surface area contributed by atoms with Gasteiger partial charge in [-0.15, -0.1) is 11.3 Å². The Balaban J connectivity index is 2.03. The lowest BCUT2D eigenvalue weighted by Crippen LogP contribution is -1.85. The smallest absolute Gasteiger partial charge is 0.133 e. The van der Waals surface area contributed by atoms with Crippen molar-refractivity contribution in [3.63, 3.8) is 0 Å². The van der Waals surface area contributed by atoms with Gasteiger partial charge in [-0.3, -0.25) is 0 Å². The van der Waals surface area contributed by atoms with E-state index in [-0.39, 0.29) is 5.82 Å². The minimum atomic E-state index is -0.263. The fraction of sp³-hybridized carbons (Fsp3) is 0.250. The summed E-state index contributed by atoms with van der Waals surface area (Å²) in [4.78, 5) is 4.46. The zero-order chi connectivity index (χ0) is 11.1. The monoisotopic (exact) mass is 253 g/mol. The summed E-state index contributed by atoms with van der Waals surface area (Å²) in [5.74, 6) is 0.341. The molecule has 1 fully saturated rings. The Morgan fingerprint density at radius 2 is 2.19 bits per heavy atom. The molecule has 1 saturated carbocycles. The Morgan fingerprint density at radius 3 is 2.94 bits per heavy atom. The van der Waals surface area contributed by atoms with Crippen LogP contribution in [0.1, 0.15) is 24.5 Å². The van der Waals surface area contributed by atoms with Gasteiger partial charge in [-0.05, 0) is 31.0 Å². The van der Waals surface area contributed by atoms with Gasteiger partial charge in [0.05, 0.1) is 5.69 Å². The maximum atomic E-state index is 13.6. The lowest BCUT2D eigenvalue weighted by atomic mass is 10.2. The topological polar surface area (TPSA) is 12.9 Å². The molecular formula is C12H9ClFNS. The molecule has 0 unspecified atom stereocenters. The van der Waals surface area contributed by atoms with E-state index >= 15 is 0 Å². The molecule has 1 aromatic heterocycles. The van der Waals surface area contributed by atoms with Crippen molar-refractivity contribution in [1.82, 2.24) is 4.98 Å². The number of halogens is 2. The predicted octanol–water partition coefficient (Wildman–Crippen LogP) is 4.48. The third kappa shape index (κ3) is 1.85. The number of thiazole rings is 1. The fourth-order valence-electron chi connectivity index (χ4n) is 1.64. The molecule has 3 rings (SSSR count). The zero-order valence-corrected chi connectivity index (χ0v) is 9.98. The number of benzene rings is 1. The van der Waals surface area contributed by atoms with E-state index in [2.05, 4.69) is 4.98 Å². The second-order valence-electron chi connectivity index (χ2n) is 3.98. The third-order valence-corrected chi connectivity index (χ3v) is 3.81. The highest BCUT2D eigenvalue weighted by atomic mass is 35.5. The van der Waals surface area contributed by atoms with Gasteiger partial charge in [0, 0.05) is 21.9 Å². The van der Waals surface area contributed by atoms with Crippen molar-refractivity contribution < 1.29 is 4.39 Å². The van der Waals surface area contributed by atoms with Gasteiger partial charge in [-0.2, -0.15) is 0 Å². The summed E-state index contributed by atoms with van der Waals surface area (Å²) in [5, 5.41) is 3.29. The summed E-state index contributed by atoms with van der Waals surface area (Å²) < 4.78 is 13.6. The van der Waals surface area contributed by atoms with Gasteiger partial charge in [0.15, 0.2) is 0 Å². The largest absolute Gasteiger partial charge is 0.241 e. The quantitative estimate of drug-likeness (QED) is 0.769. The van der Waals surface area contributed by atoms with E-state index in [0.29, 0.717) is 16.5 Å². The molecule has 1 aliphatic rings. The van der Waals surface area contributed by atoms with Crippen LogP contribution in [0.5, 0.6) is 0 Å². The highest BCUT2D eigenvalue weighted by molar-refractivity contribution is 7.13. The SMILES string of the molecule is Fc1ccc(Cl)cc1-c1nc(C2CC2)cs1. The van der Waals surface area contributed by atoms with E-state index in [1.165, 1.54) is 30.2 Å². The Hall–Kier alpha value is -0.930.